The van der Waals surface area contributed by atoms with Crippen LogP contribution < -0.4 is 4.74 Å². The van der Waals surface area contributed by atoms with Gasteiger partial charge in [-0.3, -0.25) is 4.79 Å². The number of amides is 1. The van der Waals surface area contributed by atoms with Gasteiger partial charge in [0.25, 0.3) is 15.0 Å². The molecule has 0 N–H and O–H groups in total. The van der Waals surface area contributed by atoms with E-state index >= 15 is 0 Å². The number of hydrogen-bond donors (Lipinski definition) is 0. The number of carbonyl (C=O) groups is 1. The van der Waals surface area contributed by atoms with Crippen molar-refractivity contribution in [1.82, 2.24) is 4.90 Å². The maximum absolute atomic E-state index is 12.4. The molecule has 1 aromatic rings. The summed E-state index contributed by atoms with van der Waals surface area (Å²) in [5.74, 6) is -0.0634. The number of hydrogen-bond acceptors (Lipinski definition) is 4. The first-order valence-corrected chi connectivity index (χ1v) is 9.16. The largest absolute Gasteiger partial charge is 0.492 e. The summed E-state index contributed by atoms with van der Waals surface area (Å²) in [4.78, 5) is 13.8. The summed E-state index contributed by atoms with van der Waals surface area (Å²) in [7, 11) is 1.44. The van der Waals surface area contributed by atoms with Crippen LogP contribution in [0, 0.1) is 0 Å². The lowest BCUT2D eigenvalue weighted by Gasteiger charge is -2.20. The molecule has 21 heavy (non-hydrogen) atoms. The van der Waals surface area contributed by atoms with Crippen LogP contribution in [0.2, 0.25) is 0 Å². The highest BCUT2D eigenvalue weighted by atomic mass is 35.7. The molecule has 0 aliphatic rings. The minimum Gasteiger partial charge on any atom is -0.492 e. The average molecular weight is 334 g/mol. The normalized spacial score (nSPS) is 11.2. The summed E-state index contributed by atoms with van der Waals surface area (Å²) in [5, 5.41) is 0. The summed E-state index contributed by atoms with van der Waals surface area (Å²) < 4.78 is 28.5. The van der Waals surface area contributed by atoms with E-state index in [-0.39, 0.29) is 22.1 Å². The molecule has 1 aromatic carbocycles. The van der Waals surface area contributed by atoms with Crippen molar-refractivity contribution in [3.8, 4) is 5.75 Å². The molecular formula is C14H20ClNO4S. The molecule has 0 spiro atoms. The Morgan fingerprint density at radius 2 is 1.95 bits per heavy atom. The second-order valence-corrected chi connectivity index (χ2v) is 6.95. The predicted octanol–water partition coefficient (Wildman–Crippen LogP) is 2.88. The van der Waals surface area contributed by atoms with Crippen LogP contribution in [0.3, 0.4) is 0 Å². The molecule has 0 unspecified atom stereocenters. The number of halogens is 1. The van der Waals surface area contributed by atoms with Crippen molar-refractivity contribution >= 4 is 25.6 Å². The van der Waals surface area contributed by atoms with Crippen LogP contribution in [0.25, 0.3) is 0 Å². The van der Waals surface area contributed by atoms with Gasteiger partial charge in [0.05, 0.1) is 6.61 Å². The number of benzene rings is 1. The molecule has 5 nitrogen and oxygen atoms in total. The van der Waals surface area contributed by atoms with E-state index in [2.05, 4.69) is 0 Å². The Hall–Kier alpha value is -1.27. The quantitative estimate of drug-likeness (QED) is 0.720. The van der Waals surface area contributed by atoms with Gasteiger partial charge in [0, 0.05) is 29.3 Å². The third-order valence-corrected chi connectivity index (χ3v) is 4.26. The molecule has 7 heteroatoms. The summed E-state index contributed by atoms with van der Waals surface area (Å²) in [6.45, 7) is 7.08. The summed E-state index contributed by atoms with van der Waals surface area (Å²) in [6.07, 6.45) is 0.831. The molecule has 1 rings (SSSR count). The number of ether oxygens (including phenoxy) is 1. The minimum absolute atomic E-state index is 0.155. The van der Waals surface area contributed by atoms with Crippen molar-refractivity contribution in [2.75, 3.05) is 19.7 Å². The van der Waals surface area contributed by atoms with E-state index in [1.807, 2.05) is 13.8 Å². The van der Waals surface area contributed by atoms with E-state index < -0.39 is 9.05 Å². The van der Waals surface area contributed by atoms with Crippen molar-refractivity contribution in [3.05, 3.63) is 23.8 Å². The zero-order valence-corrected chi connectivity index (χ0v) is 14.0. The van der Waals surface area contributed by atoms with Gasteiger partial charge in [-0.15, -0.1) is 0 Å². The first kappa shape index (κ1) is 17.8. The van der Waals surface area contributed by atoms with Crippen molar-refractivity contribution < 1.29 is 17.9 Å². The van der Waals surface area contributed by atoms with Crippen LogP contribution in [0.1, 0.15) is 37.6 Å². The second-order valence-electron chi connectivity index (χ2n) is 4.42. The molecule has 0 bridgehead atoms. The molecule has 0 atom stereocenters. The smallest absolute Gasteiger partial charge is 0.265 e. The predicted molar refractivity (Wildman–Crippen MR) is 82.5 cm³/mol. The van der Waals surface area contributed by atoms with Gasteiger partial charge >= 0.3 is 0 Å². The van der Waals surface area contributed by atoms with Crippen LogP contribution in [-0.2, 0) is 9.05 Å². The molecule has 118 valence electrons. The standard InChI is InChI=1S/C14H20ClNO4S/c1-4-9-16(5-2)14(17)11-7-8-12(20-6-3)13(10-11)21(15,18)19/h7-8,10H,4-6,9H2,1-3H3. The van der Waals surface area contributed by atoms with Crippen molar-refractivity contribution in [1.29, 1.82) is 0 Å². The SMILES string of the molecule is CCCN(CC)C(=O)c1ccc(OCC)c(S(=O)(=O)Cl)c1. The van der Waals surface area contributed by atoms with E-state index in [4.69, 9.17) is 15.4 Å². The molecule has 0 aliphatic carbocycles. The van der Waals surface area contributed by atoms with Gasteiger partial charge in [0.15, 0.2) is 0 Å². The van der Waals surface area contributed by atoms with Gasteiger partial charge in [-0.1, -0.05) is 6.92 Å². The maximum atomic E-state index is 12.4. The lowest BCUT2D eigenvalue weighted by Crippen LogP contribution is -2.31. The molecule has 0 aromatic heterocycles. The Kier molecular flexibility index (Phi) is 6.48. The lowest BCUT2D eigenvalue weighted by molar-refractivity contribution is 0.0764. The van der Waals surface area contributed by atoms with Crippen LogP contribution in [0.4, 0.5) is 0 Å². The maximum Gasteiger partial charge on any atom is 0.265 e. The van der Waals surface area contributed by atoms with Gasteiger partial charge < -0.3 is 9.64 Å². The summed E-state index contributed by atoms with van der Waals surface area (Å²) in [5.41, 5.74) is 0.285. The molecule has 0 radical (unpaired) electrons. The number of carbonyl (C=O) groups excluding carboxylic acids is 1. The van der Waals surface area contributed by atoms with Gasteiger partial charge in [-0.05, 0) is 38.5 Å². The monoisotopic (exact) mass is 333 g/mol. The van der Waals surface area contributed by atoms with Gasteiger partial charge in [-0.2, -0.15) is 0 Å². The minimum atomic E-state index is -3.98. The van der Waals surface area contributed by atoms with Crippen molar-refractivity contribution in [3.63, 3.8) is 0 Å². The Morgan fingerprint density at radius 3 is 2.43 bits per heavy atom. The van der Waals surface area contributed by atoms with Crippen LogP contribution in [-0.4, -0.2) is 38.9 Å². The van der Waals surface area contributed by atoms with E-state index in [0.717, 1.165) is 6.42 Å². The lowest BCUT2D eigenvalue weighted by atomic mass is 10.2. The highest BCUT2D eigenvalue weighted by Gasteiger charge is 2.21. The number of nitrogens with zero attached hydrogens (tertiary/aromatic N) is 1. The Labute approximate surface area is 130 Å². The number of rotatable bonds is 7. The van der Waals surface area contributed by atoms with E-state index in [0.29, 0.717) is 19.7 Å². The van der Waals surface area contributed by atoms with Crippen molar-refractivity contribution in [2.24, 2.45) is 0 Å². The third kappa shape index (κ3) is 4.61. The summed E-state index contributed by atoms with van der Waals surface area (Å²) in [6, 6.07) is 4.29. The van der Waals surface area contributed by atoms with Crippen molar-refractivity contribution in [2.45, 2.75) is 32.1 Å². The van der Waals surface area contributed by atoms with Crippen LogP contribution in [0.15, 0.2) is 23.1 Å². The van der Waals surface area contributed by atoms with E-state index in [1.54, 1.807) is 17.9 Å². The van der Waals surface area contributed by atoms with E-state index in [1.165, 1.54) is 12.1 Å². The molecular weight excluding hydrogens is 314 g/mol. The Balaban J connectivity index is 3.25. The van der Waals surface area contributed by atoms with E-state index in [9.17, 15) is 13.2 Å². The fraction of sp³-hybridized carbons (Fsp3) is 0.500. The van der Waals surface area contributed by atoms with Crippen LogP contribution >= 0.6 is 10.7 Å². The summed E-state index contributed by atoms with van der Waals surface area (Å²) >= 11 is 0. The average Bonchev–Trinajstić information content (AvgIpc) is 2.43. The fourth-order valence-corrected chi connectivity index (χ4v) is 2.96. The fourth-order valence-electron chi connectivity index (χ4n) is 1.96. The second kappa shape index (κ2) is 7.66. The third-order valence-electron chi connectivity index (χ3n) is 2.92. The first-order chi connectivity index (χ1) is 9.85. The molecule has 0 heterocycles. The first-order valence-electron chi connectivity index (χ1n) is 6.85. The molecule has 0 saturated heterocycles. The zero-order valence-electron chi connectivity index (χ0n) is 12.4. The highest BCUT2D eigenvalue weighted by molar-refractivity contribution is 8.13. The van der Waals surface area contributed by atoms with Gasteiger partial charge in [-0.25, -0.2) is 8.42 Å². The van der Waals surface area contributed by atoms with Gasteiger partial charge in [0.2, 0.25) is 0 Å². The molecule has 0 aliphatic heterocycles. The highest BCUT2D eigenvalue weighted by Crippen LogP contribution is 2.28. The molecule has 0 fully saturated rings. The molecule has 0 saturated carbocycles. The Bertz CT molecular complexity index is 601. The Morgan fingerprint density at radius 1 is 1.29 bits per heavy atom. The zero-order chi connectivity index (χ0) is 16.0. The molecule has 1 amide bonds. The van der Waals surface area contributed by atoms with Gasteiger partial charge in [0.1, 0.15) is 10.6 Å². The van der Waals surface area contributed by atoms with Crippen LogP contribution in [0.5, 0.6) is 5.75 Å². The topological polar surface area (TPSA) is 63.7 Å².